The smallest absolute Gasteiger partial charge is 0.358 e. The maximum absolute atomic E-state index is 13.6. The van der Waals surface area contributed by atoms with Crippen LogP contribution in [0.1, 0.15) is 19.8 Å². The summed E-state index contributed by atoms with van der Waals surface area (Å²) >= 11 is 4.70. The van der Waals surface area contributed by atoms with Crippen LogP contribution in [0.5, 0.6) is 5.75 Å². The summed E-state index contributed by atoms with van der Waals surface area (Å²) in [6.45, 7) is 1.69. The van der Waals surface area contributed by atoms with E-state index in [0.717, 1.165) is 0 Å². The molecule has 1 aromatic rings. The number of ketones is 1. The van der Waals surface area contributed by atoms with E-state index < -0.39 is 45.5 Å². The van der Waals surface area contributed by atoms with Crippen molar-refractivity contribution in [2.24, 2.45) is 17.3 Å². The van der Waals surface area contributed by atoms with E-state index in [2.05, 4.69) is 4.74 Å². The van der Waals surface area contributed by atoms with E-state index in [1.165, 1.54) is 0 Å². The van der Waals surface area contributed by atoms with Crippen molar-refractivity contribution in [2.45, 2.75) is 32.0 Å². The van der Waals surface area contributed by atoms with Gasteiger partial charge in [0.05, 0.1) is 17.6 Å². The van der Waals surface area contributed by atoms with Crippen LogP contribution >= 0.6 is 12.2 Å². The first-order valence-corrected chi connectivity index (χ1v) is 8.65. The molecular weight excluding hydrogens is 395 g/mol. The minimum Gasteiger partial charge on any atom is -0.455 e. The van der Waals surface area contributed by atoms with Gasteiger partial charge in [-0.2, -0.15) is 8.78 Å². The second-order valence-electron chi connectivity index (χ2n) is 6.98. The summed E-state index contributed by atoms with van der Waals surface area (Å²) < 4.78 is 81.9. The fourth-order valence-corrected chi connectivity index (χ4v) is 4.39. The van der Waals surface area contributed by atoms with E-state index in [9.17, 15) is 26.7 Å². The number of epoxide rings is 1. The third-order valence-corrected chi connectivity index (χ3v) is 5.88. The lowest BCUT2D eigenvalue weighted by Gasteiger charge is -2.16. The number of carbonyl (C=O) groups is 1. The van der Waals surface area contributed by atoms with Gasteiger partial charge in [-0.25, -0.2) is 13.2 Å². The van der Waals surface area contributed by atoms with Gasteiger partial charge in [-0.1, -0.05) is 0 Å². The number of hydrogen-bond donors (Lipinski definition) is 0. The molecule has 1 aromatic carbocycles. The van der Waals surface area contributed by atoms with Gasteiger partial charge >= 0.3 is 5.24 Å². The number of thiocarbonyl (C=S) groups is 1. The zero-order valence-corrected chi connectivity index (χ0v) is 14.7. The summed E-state index contributed by atoms with van der Waals surface area (Å²) in [4.78, 5) is 12.3. The third kappa shape index (κ3) is 2.64. The number of hydrogen-bond acceptors (Lipinski definition) is 5. The minimum atomic E-state index is -2.30. The van der Waals surface area contributed by atoms with Crippen LogP contribution in [0, 0.1) is 46.3 Å². The monoisotopic (exact) mass is 408 g/mol. The van der Waals surface area contributed by atoms with Crippen LogP contribution in [-0.2, 0) is 14.3 Å². The number of ether oxygens (including phenoxy) is 3. The van der Waals surface area contributed by atoms with Gasteiger partial charge in [0.2, 0.25) is 34.8 Å². The highest BCUT2D eigenvalue weighted by Crippen LogP contribution is 2.70. The van der Waals surface area contributed by atoms with Crippen LogP contribution < -0.4 is 4.74 Å². The lowest BCUT2D eigenvalue weighted by atomic mass is 9.96. The minimum absolute atomic E-state index is 0.0146. The highest BCUT2D eigenvalue weighted by Gasteiger charge is 2.77. The zero-order chi connectivity index (χ0) is 19.7. The summed E-state index contributed by atoms with van der Waals surface area (Å²) in [7, 11) is 0. The fraction of sp³-hybridized carbons (Fsp3) is 0.529. The van der Waals surface area contributed by atoms with Gasteiger partial charge in [-0.3, -0.25) is 4.79 Å². The van der Waals surface area contributed by atoms with Crippen molar-refractivity contribution in [1.29, 1.82) is 0 Å². The maximum atomic E-state index is 13.6. The van der Waals surface area contributed by atoms with Gasteiger partial charge in [0.15, 0.2) is 0 Å². The molecule has 3 fully saturated rings. The molecule has 1 saturated heterocycles. The molecule has 0 aromatic heterocycles. The van der Waals surface area contributed by atoms with Crippen molar-refractivity contribution >= 4 is 23.2 Å². The quantitative estimate of drug-likeness (QED) is 0.251. The van der Waals surface area contributed by atoms with E-state index in [-0.39, 0.29) is 36.4 Å². The Bertz CT molecular complexity index is 833. The predicted octanol–water partition coefficient (Wildman–Crippen LogP) is 3.45. The predicted molar refractivity (Wildman–Crippen MR) is 83.4 cm³/mol. The fourth-order valence-electron chi connectivity index (χ4n) is 4.25. The number of Topliss-reactive ketones (excluding diaryl/α,β-unsaturated/α-hetero) is 1. The van der Waals surface area contributed by atoms with Crippen molar-refractivity contribution < 1.29 is 41.0 Å². The molecule has 0 bridgehead atoms. The normalized spacial score (nSPS) is 33.6. The van der Waals surface area contributed by atoms with Crippen molar-refractivity contribution in [2.75, 3.05) is 6.61 Å². The Hall–Kier alpha value is -1.81. The number of rotatable bonds is 4. The van der Waals surface area contributed by atoms with Crippen LogP contribution in [0.3, 0.4) is 0 Å². The molecule has 0 radical (unpaired) electrons. The van der Waals surface area contributed by atoms with Gasteiger partial charge in [0, 0.05) is 24.6 Å². The molecule has 1 aliphatic heterocycles. The molecule has 4 rings (SSSR count). The molecule has 2 saturated carbocycles. The summed E-state index contributed by atoms with van der Waals surface area (Å²) in [5.41, 5.74) is -0.792. The Balaban J connectivity index is 1.46. The summed E-state index contributed by atoms with van der Waals surface area (Å²) in [5, 5.41) is -0.832. The molecule has 0 spiro atoms. The summed E-state index contributed by atoms with van der Waals surface area (Å²) in [6, 6.07) is 0. The lowest BCUT2D eigenvalue weighted by molar-refractivity contribution is -0.124. The second kappa shape index (κ2) is 6.10. The highest BCUT2D eigenvalue weighted by molar-refractivity contribution is 7.79. The van der Waals surface area contributed by atoms with Crippen molar-refractivity contribution in [3.8, 4) is 5.75 Å². The molecule has 0 amide bonds. The van der Waals surface area contributed by atoms with Crippen LogP contribution in [-0.4, -0.2) is 29.8 Å². The van der Waals surface area contributed by atoms with Gasteiger partial charge in [0.25, 0.3) is 0 Å². The van der Waals surface area contributed by atoms with Gasteiger partial charge in [-0.15, -0.1) is 0 Å². The van der Waals surface area contributed by atoms with E-state index in [1.54, 1.807) is 0 Å². The standard InChI is InChI=1S/C17H13F5O4S/c1-5-14(25-5)8-6-2-3-7(23)17(6,8)4-24-16(27)26-15-12(21)10(19)9(18)11(20)13(15)22/h5-6,8,14H,2-4H2,1H3/t5-,6-,8+,14-,17+/m0/s1. The van der Waals surface area contributed by atoms with Gasteiger partial charge < -0.3 is 14.2 Å². The van der Waals surface area contributed by atoms with Gasteiger partial charge in [0.1, 0.15) is 12.4 Å². The van der Waals surface area contributed by atoms with Crippen molar-refractivity contribution in [3.05, 3.63) is 29.1 Å². The van der Waals surface area contributed by atoms with Crippen LogP contribution in [0.25, 0.3) is 0 Å². The second-order valence-corrected chi connectivity index (χ2v) is 7.31. The maximum Gasteiger partial charge on any atom is 0.358 e. The first-order chi connectivity index (χ1) is 12.7. The Morgan fingerprint density at radius 1 is 1.15 bits per heavy atom. The first-order valence-electron chi connectivity index (χ1n) is 8.25. The largest absolute Gasteiger partial charge is 0.455 e. The Labute approximate surface area is 155 Å². The van der Waals surface area contributed by atoms with E-state index in [4.69, 9.17) is 21.7 Å². The number of carbonyl (C=O) groups excluding carboxylic acids is 1. The average molecular weight is 408 g/mol. The zero-order valence-electron chi connectivity index (χ0n) is 13.9. The molecule has 146 valence electrons. The first kappa shape index (κ1) is 18.5. The lowest BCUT2D eigenvalue weighted by Crippen LogP contribution is -2.27. The third-order valence-electron chi connectivity index (χ3n) is 5.68. The van der Waals surface area contributed by atoms with Gasteiger partial charge in [-0.05, 0) is 19.3 Å². The van der Waals surface area contributed by atoms with Crippen LogP contribution in [0.2, 0.25) is 0 Å². The molecule has 0 unspecified atom stereocenters. The topological polar surface area (TPSA) is 48.1 Å². The SMILES string of the molecule is C[C@@H]1O[C@@H]1[C@H]1[C@@H]2CCC(=O)[C@]12COC(=S)Oc1c(F)c(F)c(F)c(F)c1F. The Morgan fingerprint density at radius 2 is 1.70 bits per heavy atom. The Kier molecular flexibility index (Phi) is 4.19. The van der Waals surface area contributed by atoms with E-state index in [1.807, 2.05) is 6.92 Å². The molecule has 27 heavy (non-hydrogen) atoms. The van der Waals surface area contributed by atoms with E-state index in [0.29, 0.717) is 12.8 Å². The van der Waals surface area contributed by atoms with Crippen molar-refractivity contribution in [1.82, 2.24) is 0 Å². The molecule has 0 N–H and O–H groups in total. The van der Waals surface area contributed by atoms with E-state index >= 15 is 0 Å². The number of fused-ring (bicyclic) bond motifs is 1. The molecule has 2 aliphatic carbocycles. The summed E-state index contributed by atoms with van der Waals surface area (Å²) in [5.74, 6) is -12.4. The Morgan fingerprint density at radius 3 is 2.26 bits per heavy atom. The molecule has 10 heteroatoms. The molecule has 4 nitrogen and oxygen atoms in total. The van der Waals surface area contributed by atoms with Crippen LogP contribution in [0.4, 0.5) is 22.0 Å². The average Bonchev–Trinajstić information content (AvgIpc) is 3.49. The number of halogens is 5. The molecular formula is C17H13F5O4S. The number of benzene rings is 1. The van der Waals surface area contributed by atoms with Crippen LogP contribution in [0.15, 0.2) is 0 Å². The molecule has 3 aliphatic rings. The highest BCUT2D eigenvalue weighted by atomic mass is 32.1. The molecule has 5 atom stereocenters. The van der Waals surface area contributed by atoms with Crippen molar-refractivity contribution in [3.63, 3.8) is 0 Å². The summed E-state index contributed by atoms with van der Waals surface area (Å²) in [6.07, 6.45) is 1.07. The molecule has 1 heterocycles.